The molecular weight excluding hydrogens is 244 g/mol. The predicted molar refractivity (Wildman–Crippen MR) is 80.3 cm³/mol. The van der Waals surface area contributed by atoms with Crippen molar-refractivity contribution in [2.24, 2.45) is 0 Å². The van der Waals surface area contributed by atoms with E-state index in [-0.39, 0.29) is 0 Å². The highest BCUT2D eigenvalue weighted by molar-refractivity contribution is 5.37. The Hall–Kier alpha value is -2.11. The molecule has 0 bridgehead atoms. The van der Waals surface area contributed by atoms with E-state index in [0.717, 1.165) is 43.6 Å². The Morgan fingerprint density at radius 3 is 2.15 bits per heavy atom. The van der Waals surface area contributed by atoms with Crippen molar-refractivity contribution in [3.05, 3.63) is 70.8 Å². The zero-order valence-electron chi connectivity index (χ0n) is 11.5. The minimum Gasteiger partial charge on any atom is -0.298 e. The molecule has 0 fully saturated rings. The average molecular weight is 262 g/mol. The molecule has 0 saturated heterocycles. The first-order valence-electron chi connectivity index (χ1n) is 7.14. The molecule has 100 valence electrons. The van der Waals surface area contributed by atoms with Gasteiger partial charge in [0, 0.05) is 19.6 Å². The highest BCUT2D eigenvalue weighted by atomic mass is 15.1. The first-order chi connectivity index (χ1) is 9.86. The van der Waals surface area contributed by atoms with E-state index >= 15 is 0 Å². The molecule has 0 saturated carbocycles. The fourth-order valence-electron chi connectivity index (χ4n) is 2.88. The van der Waals surface area contributed by atoms with E-state index in [1.54, 1.807) is 0 Å². The highest BCUT2D eigenvalue weighted by Crippen LogP contribution is 2.18. The second kappa shape index (κ2) is 5.90. The number of hydrogen-bond acceptors (Lipinski definition) is 2. The molecule has 0 spiro atoms. The lowest BCUT2D eigenvalue weighted by Crippen LogP contribution is -2.26. The first kappa shape index (κ1) is 12.9. The van der Waals surface area contributed by atoms with Gasteiger partial charge >= 0.3 is 0 Å². The summed E-state index contributed by atoms with van der Waals surface area (Å²) in [4.78, 5) is 2.45. The molecule has 1 heterocycles. The van der Waals surface area contributed by atoms with E-state index in [0.29, 0.717) is 0 Å². The van der Waals surface area contributed by atoms with Crippen molar-refractivity contribution < 1.29 is 0 Å². The van der Waals surface area contributed by atoms with Crippen LogP contribution < -0.4 is 0 Å². The Morgan fingerprint density at radius 2 is 1.50 bits per heavy atom. The van der Waals surface area contributed by atoms with Crippen molar-refractivity contribution in [3.8, 4) is 6.07 Å². The molecule has 0 aliphatic carbocycles. The Labute approximate surface area is 120 Å². The fraction of sp³-hybridized carbons (Fsp3) is 0.278. The van der Waals surface area contributed by atoms with Gasteiger partial charge < -0.3 is 0 Å². The Bertz CT molecular complexity index is 613. The SMILES string of the molecule is N#Cc1ccccc1CN1CCc2ccccc2CC1. The van der Waals surface area contributed by atoms with Crippen LogP contribution in [0.25, 0.3) is 0 Å². The van der Waals surface area contributed by atoms with Gasteiger partial charge in [0.05, 0.1) is 11.6 Å². The third-order valence-electron chi connectivity index (χ3n) is 4.04. The zero-order valence-corrected chi connectivity index (χ0v) is 11.5. The average Bonchev–Trinajstić information content (AvgIpc) is 2.71. The van der Waals surface area contributed by atoms with Crippen LogP contribution in [0.1, 0.15) is 22.3 Å². The molecule has 3 rings (SSSR count). The molecule has 2 aromatic carbocycles. The molecule has 0 radical (unpaired) electrons. The van der Waals surface area contributed by atoms with Crippen LogP contribution in [0.5, 0.6) is 0 Å². The van der Waals surface area contributed by atoms with Gasteiger partial charge in [0.2, 0.25) is 0 Å². The van der Waals surface area contributed by atoms with Crippen molar-refractivity contribution in [2.75, 3.05) is 13.1 Å². The predicted octanol–water partition coefficient (Wildman–Crippen LogP) is 3.16. The molecule has 2 aromatic rings. The molecule has 2 nitrogen and oxygen atoms in total. The minimum absolute atomic E-state index is 0.800. The molecule has 2 heteroatoms. The monoisotopic (exact) mass is 262 g/mol. The lowest BCUT2D eigenvalue weighted by atomic mass is 10.0. The van der Waals surface area contributed by atoms with Crippen molar-refractivity contribution in [3.63, 3.8) is 0 Å². The number of benzene rings is 2. The topological polar surface area (TPSA) is 27.0 Å². The second-order valence-corrected chi connectivity index (χ2v) is 5.31. The van der Waals surface area contributed by atoms with Crippen molar-refractivity contribution in [1.82, 2.24) is 4.90 Å². The van der Waals surface area contributed by atoms with Gasteiger partial charge in [-0.15, -0.1) is 0 Å². The lowest BCUT2D eigenvalue weighted by molar-refractivity contribution is 0.279. The Balaban J connectivity index is 1.73. The number of hydrogen-bond donors (Lipinski definition) is 0. The van der Waals surface area contributed by atoms with Crippen LogP contribution in [-0.2, 0) is 19.4 Å². The molecule has 0 aromatic heterocycles. The van der Waals surface area contributed by atoms with Crippen LogP contribution in [0.4, 0.5) is 0 Å². The summed E-state index contributed by atoms with van der Waals surface area (Å²) in [6.45, 7) is 3.01. The van der Waals surface area contributed by atoms with Gasteiger partial charge in [-0.25, -0.2) is 0 Å². The van der Waals surface area contributed by atoms with E-state index in [4.69, 9.17) is 0 Å². The van der Waals surface area contributed by atoms with Gasteiger partial charge in [0.1, 0.15) is 0 Å². The summed E-state index contributed by atoms with van der Waals surface area (Å²) in [5, 5.41) is 9.18. The molecular formula is C18H18N2. The van der Waals surface area contributed by atoms with E-state index in [1.165, 1.54) is 11.1 Å². The maximum Gasteiger partial charge on any atom is 0.0995 e. The van der Waals surface area contributed by atoms with Crippen LogP contribution in [0.2, 0.25) is 0 Å². The van der Waals surface area contributed by atoms with Gasteiger partial charge in [0.15, 0.2) is 0 Å². The zero-order chi connectivity index (χ0) is 13.8. The molecule has 0 N–H and O–H groups in total. The standard InChI is InChI=1S/C18H18N2/c19-13-17-7-3-4-8-18(17)14-20-11-9-15-5-1-2-6-16(15)10-12-20/h1-8H,9-12,14H2. The quantitative estimate of drug-likeness (QED) is 0.831. The van der Waals surface area contributed by atoms with Crippen LogP contribution in [-0.4, -0.2) is 18.0 Å². The number of nitrogens with zero attached hydrogens (tertiary/aromatic N) is 2. The van der Waals surface area contributed by atoms with Crippen LogP contribution in [0, 0.1) is 11.3 Å². The number of rotatable bonds is 2. The summed E-state index contributed by atoms with van der Waals surface area (Å²) in [5.74, 6) is 0. The maximum atomic E-state index is 9.18. The van der Waals surface area contributed by atoms with Gasteiger partial charge in [-0.05, 0) is 35.6 Å². The molecule has 0 unspecified atom stereocenters. The lowest BCUT2D eigenvalue weighted by Gasteiger charge is -2.20. The normalized spacial score (nSPS) is 15.2. The van der Waals surface area contributed by atoms with Crippen molar-refractivity contribution in [2.45, 2.75) is 19.4 Å². The highest BCUT2D eigenvalue weighted by Gasteiger charge is 2.14. The Morgan fingerprint density at radius 1 is 0.900 bits per heavy atom. The molecule has 0 amide bonds. The van der Waals surface area contributed by atoms with E-state index in [9.17, 15) is 5.26 Å². The molecule has 0 atom stereocenters. The summed E-state index contributed by atoms with van der Waals surface area (Å²) in [6.07, 6.45) is 2.20. The van der Waals surface area contributed by atoms with Crippen molar-refractivity contribution >= 4 is 0 Å². The Kier molecular flexibility index (Phi) is 3.80. The summed E-state index contributed by atoms with van der Waals surface area (Å²) in [7, 11) is 0. The van der Waals surface area contributed by atoms with Crippen LogP contribution in [0.3, 0.4) is 0 Å². The third-order valence-corrected chi connectivity index (χ3v) is 4.04. The van der Waals surface area contributed by atoms with Gasteiger partial charge in [-0.3, -0.25) is 4.90 Å². The number of nitriles is 1. The molecule has 1 aliphatic rings. The van der Waals surface area contributed by atoms with E-state index < -0.39 is 0 Å². The minimum atomic E-state index is 0.800. The van der Waals surface area contributed by atoms with Gasteiger partial charge in [0.25, 0.3) is 0 Å². The third kappa shape index (κ3) is 2.74. The summed E-state index contributed by atoms with van der Waals surface area (Å²) >= 11 is 0. The van der Waals surface area contributed by atoms with Crippen LogP contribution in [0.15, 0.2) is 48.5 Å². The van der Waals surface area contributed by atoms with Crippen molar-refractivity contribution in [1.29, 1.82) is 5.26 Å². The van der Waals surface area contributed by atoms with E-state index in [1.807, 2.05) is 18.2 Å². The van der Waals surface area contributed by atoms with Gasteiger partial charge in [-0.1, -0.05) is 42.5 Å². The number of fused-ring (bicyclic) bond motifs is 1. The maximum absolute atomic E-state index is 9.18. The molecule has 1 aliphatic heterocycles. The largest absolute Gasteiger partial charge is 0.298 e. The first-order valence-corrected chi connectivity index (χ1v) is 7.14. The summed E-state index contributed by atoms with van der Waals surface area (Å²) in [5.41, 5.74) is 4.89. The van der Waals surface area contributed by atoms with E-state index in [2.05, 4.69) is 41.3 Å². The summed E-state index contributed by atoms with van der Waals surface area (Å²) < 4.78 is 0. The summed E-state index contributed by atoms with van der Waals surface area (Å²) in [6, 6.07) is 18.9. The smallest absolute Gasteiger partial charge is 0.0995 e. The van der Waals surface area contributed by atoms with Gasteiger partial charge in [-0.2, -0.15) is 5.26 Å². The van der Waals surface area contributed by atoms with Crippen LogP contribution >= 0.6 is 0 Å². The fourth-order valence-corrected chi connectivity index (χ4v) is 2.88. The second-order valence-electron chi connectivity index (χ2n) is 5.31. The molecule has 20 heavy (non-hydrogen) atoms.